The molecular formula is C13H14O. The number of ether oxygens (including phenoxy) is 1. The van der Waals surface area contributed by atoms with Crippen LogP contribution in [-0.4, -0.2) is 6.61 Å². The number of hydrogen-bond donors (Lipinski definition) is 0. The lowest BCUT2D eigenvalue weighted by atomic mass is 10.1. The van der Waals surface area contributed by atoms with E-state index in [0.717, 1.165) is 19.4 Å². The van der Waals surface area contributed by atoms with Crippen LogP contribution < -0.4 is 0 Å². The van der Waals surface area contributed by atoms with Crippen LogP contribution in [0, 0.1) is 0 Å². The molecule has 2 aliphatic rings. The highest BCUT2D eigenvalue weighted by atomic mass is 16.5. The molecule has 1 heteroatoms. The third-order valence-electron chi connectivity index (χ3n) is 2.29. The van der Waals surface area contributed by atoms with Crippen LogP contribution in [0.2, 0.25) is 0 Å². The highest BCUT2D eigenvalue weighted by molar-refractivity contribution is 5.59. The Bertz CT molecular complexity index is 344. The van der Waals surface area contributed by atoms with Gasteiger partial charge in [-0.05, 0) is 23.6 Å². The van der Waals surface area contributed by atoms with Gasteiger partial charge in [-0.15, -0.1) is 0 Å². The molecule has 0 amide bonds. The fourth-order valence-corrected chi connectivity index (χ4v) is 1.54. The second kappa shape index (κ2) is 4.66. The van der Waals surface area contributed by atoms with Gasteiger partial charge in [0, 0.05) is 6.42 Å². The van der Waals surface area contributed by atoms with Gasteiger partial charge in [-0.25, -0.2) is 0 Å². The molecule has 0 unspecified atom stereocenters. The summed E-state index contributed by atoms with van der Waals surface area (Å²) in [6, 6.07) is 8.49. The van der Waals surface area contributed by atoms with E-state index in [1.165, 1.54) is 11.1 Å². The minimum absolute atomic E-state index is 0.889. The van der Waals surface area contributed by atoms with E-state index < -0.39 is 0 Å². The Morgan fingerprint density at radius 3 is 2.64 bits per heavy atom. The van der Waals surface area contributed by atoms with E-state index in [-0.39, 0.29) is 0 Å². The van der Waals surface area contributed by atoms with Crippen molar-refractivity contribution in [3.05, 3.63) is 53.8 Å². The van der Waals surface area contributed by atoms with Crippen LogP contribution in [0.5, 0.6) is 0 Å². The first-order valence-corrected chi connectivity index (χ1v) is 4.98. The highest BCUT2D eigenvalue weighted by Gasteiger charge is 2.00. The maximum Gasteiger partial charge on any atom is 0.0908 e. The quantitative estimate of drug-likeness (QED) is 0.604. The summed E-state index contributed by atoms with van der Waals surface area (Å²) in [6.07, 6.45) is 10.3. The SMILES string of the molecule is C1=COCC1.C1=Cc2ccccc2C1. The molecule has 1 aliphatic heterocycles. The van der Waals surface area contributed by atoms with E-state index in [2.05, 4.69) is 36.4 Å². The van der Waals surface area contributed by atoms with Crippen LogP contribution in [-0.2, 0) is 11.2 Å². The van der Waals surface area contributed by atoms with Crippen LogP contribution in [0.1, 0.15) is 17.5 Å². The molecule has 0 radical (unpaired) electrons. The maximum atomic E-state index is 4.76. The molecule has 0 N–H and O–H groups in total. The average Bonchev–Trinajstić information content (AvgIpc) is 2.92. The third-order valence-corrected chi connectivity index (χ3v) is 2.29. The molecule has 0 saturated carbocycles. The molecule has 72 valence electrons. The van der Waals surface area contributed by atoms with Crippen molar-refractivity contribution >= 4 is 6.08 Å². The zero-order chi connectivity index (χ0) is 9.64. The first kappa shape index (κ1) is 9.07. The van der Waals surface area contributed by atoms with E-state index in [1.807, 2.05) is 6.08 Å². The molecular weight excluding hydrogens is 172 g/mol. The average molecular weight is 186 g/mol. The summed E-state index contributed by atoms with van der Waals surface area (Å²) in [7, 11) is 0. The van der Waals surface area contributed by atoms with Gasteiger partial charge in [-0.3, -0.25) is 0 Å². The number of benzene rings is 1. The Balaban J connectivity index is 0.000000128. The molecule has 3 rings (SSSR count). The minimum atomic E-state index is 0.889. The van der Waals surface area contributed by atoms with Crippen molar-refractivity contribution in [2.45, 2.75) is 12.8 Å². The van der Waals surface area contributed by atoms with Crippen LogP contribution in [0.4, 0.5) is 0 Å². The van der Waals surface area contributed by atoms with Gasteiger partial charge in [-0.1, -0.05) is 36.4 Å². The molecule has 0 bridgehead atoms. The normalized spacial score (nSPS) is 15.7. The first-order valence-electron chi connectivity index (χ1n) is 4.98. The first-order chi connectivity index (χ1) is 6.97. The van der Waals surface area contributed by atoms with E-state index in [1.54, 1.807) is 6.26 Å². The third kappa shape index (κ3) is 2.25. The van der Waals surface area contributed by atoms with Crippen LogP contribution in [0.3, 0.4) is 0 Å². The minimum Gasteiger partial charge on any atom is -0.501 e. The molecule has 0 aromatic heterocycles. The van der Waals surface area contributed by atoms with Crippen molar-refractivity contribution in [2.75, 3.05) is 6.61 Å². The summed E-state index contributed by atoms with van der Waals surface area (Å²) in [5.74, 6) is 0. The van der Waals surface area contributed by atoms with E-state index in [4.69, 9.17) is 4.74 Å². The van der Waals surface area contributed by atoms with Gasteiger partial charge in [0.05, 0.1) is 12.9 Å². The molecule has 1 heterocycles. The summed E-state index contributed by atoms with van der Waals surface area (Å²) in [4.78, 5) is 0. The molecule has 1 aromatic rings. The summed E-state index contributed by atoms with van der Waals surface area (Å²) in [6.45, 7) is 0.889. The Hall–Kier alpha value is -1.50. The summed E-state index contributed by atoms with van der Waals surface area (Å²) >= 11 is 0. The van der Waals surface area contributed by atoms with Crippen molar-refractivity contribution < 1.29 is 4.74 Å². The van der Waals surface area contributed by atoms with Gasteiger partial charge in [0.25, 0.3) is 0 Å². The van der Waals surface area contributed by atoms with Crippen LogP contribution >= 0.6 is 0 Å². The lowest BCUT2D eigenvalue weighted by Gasteiger charge is -1.93. The zero-order valence-corrected chi connectivity index (χ0v) is 8.15. The fourth-order valence-electron chi connectivity index (χ4n) is 1.54. The van der Waals surface area contributed by atoms with Gasteiger partial charge in [0.2, 0.25) is 0 Å². The van der Waals surface area contributed by atoms with Crippen molar-refractivity contribution in [1.82, 2.24) is 0 Å². The van der Waals surface area contributed by atoms with Gasteiger partial charge in [0.1, 0.15) is 0 Å². The number of hydrogen-bond acceptors (Lipinski definition) is 1. The fraction of sp³-hybridized carbons (Fsp3) is 0.231. The second-order valence-electron chi connectivity index (χ2n) is 3.34. The van der Waals surface area contributed by atoms with E-state index in [0.29, 0.717) is 0 Å². The van der Waals surface area contributed by atoms with Gasteiger partial charge < -0.3 is 4.74 Å². The number of rotatable bonds is 0. The lowest BCUT2D eigenvalue weighted by Crippen LogP contribution is -1.76. The van der Waals surface area contributed by atoms with Gasteiger partial charge >= 0.3 is 0 Å². The molecule has 1 aromatic carbocycles. The summed E-state index contributed by atoms with van der Waals surface area (Å²) in [5.41, 5.74) is 2.84. The lowest BCUT2D eigenvalue weighted by molar-refractivity contribution is 0.281. The zero-order valence-electron chi connectivity index (χ0n) is 8.15. The van der Waals surface area contributed by atoms with Crippen molar-refractivity contribution in [3.8, 4) is 0 Å². The second-order valence-corrected chi connectivity index (χ2v) is 3.34. The molecule has 1 nitrogen and oxygen atoms in total. The predicted molar refractivity (Wildman–Crippen MR) is 58.9 cm³/mol. The summed E-state index contributed by atoms with van der Waals surface area (Å²) < 4.78 is 4.76. The maximum absolute atomic E-state index is 4.76. The van der Waals surface area contributed by atoms with Gasteiger partial charge in [0.15, 0.2) is 0 Å². The highest BCUT2D eigenvalue weighted by Crippen LogP contribution is 2.17. The molecule has 0 atom stereocenters. The van der Waals surface area contributed by atoms with Crippen molar-refractivity contribution in [3.63, 3.8) is 0 Å². The number of fused-ring (bicyclic) bond motifs is 1. The molecule has 0 fully saturated rings. The molecule has 0 spiro atoms. The Kier molecular flexibility index (Phi) is 3.02. The van der Waals surface area contributed by atoms with Crippen LogP contribution in [0.15, 0.2) is 42.7 Å². The Labute approximate surface area is 84.7 Å². The van der Waals surface area contributed by atoms with E-state index >= 15 is 0 Å². The number of allylic oxidation sites excluding steroid dienone is 1. The van der Waals surface area contributed by atoms with E-state index in [9.17, 15) is 0 Å². The molecule has 0 saturated heterocycles. The topological polar surface area (TPSA) is 9.23 Å². The van der Waals surface area contributed by atoms with Crippen molar-refractivity contribution in [2.24, 2.45) is 0 Å². The smallest absolute Gasteiger partial charge is 0.0908 e. The molecule has 14 heavy (non-hydrogen) atoms. The predicted octanol–water partition coefficient (Wildman–Crippen LogP) is 3.18. The summed E-state index contributed by atoms with van der Waals surface area (Å²) in [5, 5.41) is 0. The standard InChI is InChI=1S/C9H8.C4H6O/c1-2-5-9-7-3-6-8(9)4-1;1-2-4-5-3-1/h1-6H,7H2;1,3H,2,4H2. The largest absolute Gasteiger partial charge is 0.501 e. The Morgan fingerprint density at radius 2 is 2.00 bits per heavy atom. The van der Waals surface area contributed by atoms with Crippen molar-refractivity contribution in [1.29, 1.82) is 0 Å². The van der Waals surface area contributed by atoms with Gasteiger partial charge in [-0.2, -0.15) is 0 Å². The monoisotopic (exact) mass is 186 g/mol. The van der Waals surface area contributed by atoms with Crippen LogP contribution in [0.25, 0.3) is 6.08 Å². The Morgan fingerprint density at radius 1 is 1.07 bits per heavy atom. The molecule has 1 aliphatic carbocycles.